The highest BCUT2D eigenvalue weighted by Gasteiger charge is 2.15. The number of nitrogens with zero attached hydrogens (tertiary/aromatic N) is 4. The summed E-state index contributed by atoms with van der Waals surface area (Å²) in [5, 5.41) is 16.3. The van der Waals surface area contributed by atoms with Gasteiger partial charge in [0.05, 0.1) is 11.9 Å². The molecule has 24 heavy (non-hydrogen) atoms. The molecule has 3 rings (SSSR count). The van der Waals surface area contributed by atoms with Crippen molar-refractivity contribution in [2.24, 2.45) is 7.05 Å². The molecular formula is C17H22N6O. The van der Waals surface area contributed by atoms with Crippen LogP contribution in [0.2, 0.25) is 0 Å². The molecule has 0 spiro atoms. The van der Waals surface area contributed by atoms with Crippen molar-refractivity contribution in [2.75, 3.05) is 17.2 Å². The van der Waals surface area contributed by atoms with E-state index in [1.807, 2.05) is 29.8 Å². The molecule has 0 radical (unpaired) electrons. The quantitative estimate of drug-likeness (QED) is 0.643. The highest BCUT2D eigenvalue weighted by Crippen LogP contribution is 2.21. The maximum atomic E-state index is 9.88. The zero-order chi connectivity index (χ0) is 17.2. The molecular weight excluding hydrogens is 304 g/mol. The van der Waals surface area contributed by atoms with Crippen LogP contribution < -0.4 is 10.6 Å². The molecule has 3 N–H and O–H groups in total. The van der Waals surface area contributed by atoms with Crippen molar-refractivity contribution in [2.45, 2.75) is 26.0 Å². The topological polar surface area (TPSA) is 87.9 Å². The number of rotatable bonds is 6. The number of aromatic nitrogens is 4. The maximum absolute atomic E-state index is 9.88. The van der Waals surface area contributed by atoms with E-state index in [0.29, 0.717) is 24.9 Å². The molecule has 3 aromatic rings. The fourth-order valence-electron chi connectivity index (χ4n) is 2.29. The van der Waals surface area contributed by atoms with Crippen LogP contribution >= 0.6 is 0 Å². The first-order valence-electron chi connectivity index (χ1n) is 7.85. The zero-order valence-electron chi connectivity index (χ0n) is 14.1. The molecule has 0 saturated carbocycles. The summed E-state index contributed by atoms with van der Waals surface area (Å²) in [5.41, 5.74) is 1.77. The van der Waals surface area contributed by atoms with Gasteiger partial charge in [-0.15, -0.1) is 0 Å². The van der Waals surface area contributed by atoms with E-state index in [2.05, 4.69) is 37.7 Å². The third-order valence-electron chi connectivity index (χ3n) is 3.54. The van der Waals surface area contributed by atoms with Crippen molar-refractivity contribution in [3.63, 3.8) is 0 Å². The third-order valence-corrected chi connectivity index (χ3v) is 3.54. The second-order valence-corrected chi connectivity index (χ2v) is 6.43. The predicted octanol–water partition coefficient (Wildman–Crippen LogP) is 2.16. The first-order chi connectivity index (χ1) is 11.4. The number of benzene rings is 1. The molecule has 1 aromatic carbocycles. The fourth-order valence-corrected chi connectivity index (χ4v) is 2.29. The van der Waals surface area contributed by atoms with Crippen molar-refractivity contribution in [1.29, 1.82) is 0 Å². The Labute approximate surface area is 140 Å². The summed E-state index contributed by atoms with van der Waals surface area (Å²) >= 11 is 0. The summed E-state index contributed by atoms with van der Waals surface area (Å²) in [5.74, 6) is 1.13. The van der Waals surface area contributed by atoms with E-state index in [1.165, 1.54) is 0 Å². The number of aliphatic hydroxyl groups is 1. The van der Waals surface area contributed by atoms with Crippen molar-refractivity contribution >= 4 is 22.9 Å². The SMILES string of the molecule is Cn1cnc2c(NCc3ccccc3)nc(NCC(C)(C)O)nc21. The van der Waals surface area contributed by atoms with Crippen LogP contribution in [0.25, 0.3) is 11.2 Å². The molecule has 7 nitrogen and oxygen atoms in total. The Morgan fingerprint density at radius 3 is 2.58 bits per heavy atom. The number of nitrogens with one attached hydrogen (secondary N) is 2. The molecule has 0 aliphatic rings. The summed E-state index contributed by atoms with van der Waals surface area (Å²) in [4.78, 5) is 13.4. The monoisotopic (exact) mass is 326 g/mol. The van der Waals surface area contributed by atoms with Crippen molar-refractivity contribution < 1.29 is 5.11 Å². The van der Waals surface area contributed by atoms with Gasteiger partial charge in [0.1, 0.15) is 0 Å². The summed E-state index contributed by atoms with van der Waals surface area (Å²) in [6.45, 7) is 4.47. The largest absolute Gasteiger partial charge is 0.389 e. The highest BCUT2D eigenvalue weighted by molar-refractivity contribution is 5.84. The first kappa shape index (κ1) is 16.2. The Morgan fingerprint density at radius 2 is 1.88 bits per heavy atom. The second-order valence-electron chi connectivity index (χ2n) is 6.43. The third kappa shape index (κ3) is 3.80. The summed E-state index contributed by atoms with van der Waals surface area (Å²) in [6, 6.07) is 10.1. The standard InChI is InChI=1S/C17H22N6O/c1-17(2,24)10-19-16-21-14(13-15(22-16)23(3)11-20-13)18-9-12-7-5-4-6-8-12/h4-8,11,24H,9-10H2,1-3H3,(H2,18,19,21,22). The molecule has 0 aliphatic carbocycles. The van der Waals surface area contributed by atoms with Gasteiger partial charge >= 0.3 is 0 Å². The molecule has 0 unspecified atom stereocenters. The van der Waals surface area contributed by atoms with E-state index in [1.54, 1.807) is 20.2 Å². The Bertz CT molecular complexity index is 822. The predicted molar refractivity (Wildman–Crippen MR) is 94.9 cm³/mol. The van der Waals surface area contributed by atoms with Gasteiger partial charge in [0, 0.05) is 20.1 Å². The lowest BCUT2D eigenvalue weighted by Crippen LogP contribution is -2.30. The number of fused-ring (bicyclic) bond motifs is 1. The molecule has 126 valence electrons. The minimum Gasteiger partial charge on any atom is -0.389 e. The van der Waals surface area contributed by atoms with Crippen LogP contribution in [0.1, 0.15) is 19.4 Å². The van der Waals surface area contributed by atoms with Gasteiger partial charge in [0.25, 0.3) is 0 Å². The van der Waals surface area contributed by atoms with E-state index in [9.17, 15) is 5.11 Å². The second kappa shape index (κ2) is 6.45. The Balaban J connectivity index is 1.87. The normalized spacial score (nSPS) is 11.7. The van der Waals surface area contributed by atoms with Crippen LogP contribution in [-0.2, 0) is 13.6 Å². The van der Waals surface area contributed by atoms with Gasteiger partial charge in [-0.2, -0.15) is 9.97 Å². The van der Waals surface area contributed by atoms with Crippen LogP contribution in [0.15, 0.2) is 36.7 Å². The zero-order valence-corrected chi connectivity index (χ0v) is 14.1. The number of hydrogen-bond donors (Lipinski definition) is 3. The van der Waals surface area contributed by atoms with Gasteiger partial charge in [-0.25, -0.2) is 4.98 Å². The van der Waals surface area contributed by atoms with Gasteiger partial charge < -0.3 is 20.3 Å². The molecule has 0 aliphatic heterocycles. The lowest BCUT2D eigenvalue weighted by molar-refractivity contribution is 0.0943. The number of imidazole rings is 1. The van der Waals surface area contributed by atoms with Crippen LogP contribution in [-0.4, -0.2) is 36.8 Å². The first-order valence-corrected chi connectivity index (χ1v) is 7.85. The van der Waals surface area contributed by atoms with Crippen LogP contribution in [0.3, 0.4) is 0 Å². The van der Waals surface area contributed by atoms with E-state index in [4.69, 9.17) is 0 Å². The molecule has 2 heterocycles. The van der Waals surface area contributed by atoms with Crippen molar-refractivity contribution in [3.8, 4) is 0 Å². The lowest BCUT2D eigenvalue weighted by atomic mass is 10.1. The van der Waals surface area contributed by atoms with Crippen LogP contribution in [0.5, 0.6) is 0 Å². The summed E-state index contributed by atoms with van der Waals surface area (Å²) < 4.78 is 1.85. The van der Waals surface area contributed by atoms with Crippen molar-refractivity contribution in [3.05, 3.63) is 42.2 Å². The highest BCUT2D eigenvalue weighted by atomic mass is 16.3. The molecule has 0 amide bonds. The van der Waals surface area contributed by atoms with Gasteiger partial charge in [-0.1, -0.05) is 30.3 Å². The lowest BCUT2D eigenvalue weighted by Gasteiger charge is -2.18. The summed E-state index contributed by atoms with van der Waals surface area (Å²) in [6.07, 6.45) is 1.72. The minimum absolute atomic E-state index is 0.356. The van der Waals surface area contributed by atoms with Gasteiger partial charge in [0.15, 0.2) is 17.0 Å². The van der Waals surface area contributed by atoms with E-state index in [0.717, 1.165) is 16.7 Å². The average molecular weight is 326 g/mol. The van der Waals surface area contributed by atoms with E-state index < -0.39 is 5.60 Å². The number of hydrogen-bond acceptors (Lipinski definition) is 6. The molecule has 2 aromatic heterocycles. The maximum Gasteiger partial charge on any atom is 0.226 e. The Hall–Kier alpha value is -2.67. The van der Waals surface area contributed by atoms with Gasteiger partial charge in [-0.05, 0) is 19.4 Å². The minimum atomic E-state index is -0.845. The Morgan fingerprint density at radius 1 is 1.12 bits per heavy atom. The fraction of sp³-hybridized carbons (Fsp3) is 0.353. The van der Waals surface area contributed by atoms with Crippen LogP contribution in [0.4, 0.5) is 11.8 Å². The number of aryl methyl sites for hydroxylation is 1. The molecule has 7 heteroatoms. The van der Waals surface area contributed by atoms with Gasteiger partial charge in [0.2, 0.25) is 5.95 Å². The molecule has 0 bridgehead atoms. The molecule has 0 atom stereocenters. The Kier molecular flexibility index (Phi) is 4.35. The average Bonchev–Trinajstić information content (AvgIpc) is 2.92. The molecule has 0 saturated heterocycles. The van der Waals surface area contributed by atoms with Gasteiger partial charge in [-0.3, -0.25) is 0 Å². The molecule has 0 fully saturated rings. The van der Waals surface area contributed by atoms with Crippen LogP contribution in [0, 0.1) is 0 Å². The summed E-state index contributed by atoms with van der Waals surface area (Å²) in [7, 11) is 1.89. The smallest absolute Gasteiger partial charge is 0.226 e. The van der Waals surface area contributed by atoms with E-state index in [-0.39, 0.29) is 0 Å². The van der Waals surface area contributed by atoms with E-state index >= 15 is 0 Å². The van der Waals surface area contributed by atoms with Crippen molar-refractivity contribution in [1.82, 2.24) is 19.5 Å². The number of anilines is 2.